The first kappa shape index (κ1) is 22.7. The predicted octanol–water partition coefficient (Wildman–Crippen LogP) is 1.29. The number of rotatable bonds is 6. The van der Waals surface area contributed by atoms with Crippen molar-refractivity contribution in [3.05, 3.63) is 46.8 Å². The lowest BCUT2D eigenvalue weighted by Gasteiger charge is -2.14. The van der Waals surface area contributed by atoms with Crippen molar-refractivity contribution >= 4 is 12.3 Å². The van der Waals surface area contributed by atoms with Crippen LogP contribution in [0.2, 0.25) is 0 Å². The van der Waals surface area contributed by atoms with E-state index in [0.717, 1.165) is 48.2 Å². The van der Waals surface area contributed by atoms with Gasteiger partial charge in [0.2, 0.25) is 6.41 Å². The lowest BCUT2D eigenvalue weighted by Crippen LogP contribution is -2.21. The first-order valence-electron chi connectivity index (χ1n) is 9.69. The summed E-state index contributed by atoms with van der Waals surface area (Å²) in [4.78, 5) is 23.8. The molecule has 0 saturated heterocycles. The Balaban J connectivity index is 0.00000155. The third kappa shape index (κ3) is 5.50. The van der Waals surface area contributed by atoms with E-state index in [4.69, 9.17) is 5.73 Å². The van der Waals surface area contributed by atoms with Crippen LogP contribution in [-0.2, 0) is 17.6 Å². The molecule has 0 unspecified atom stereocenters. The second-order valence-electron chi connectivity index (χ2n) is 6.97. The number of fused-ring (bicyclic) bond motifs is 1. The highest BCUT2D eigenvalue weighted by Gasteiger charge is 2.24. The quantitative estimate of drug-likeness (QED) is 0.557. The van der Waals surface area contributed by atoms with Crippen molar-refractivity contribution in [3.63, 3.8) is 0 Å². The van der Waals surface area contributed by atoms with E-state index >= 15 is 0 Å². The molecule has 0 radical (unpaired) electrons. The molecule has 156 valence electrons. The van der Waals surface area contributed by atoms with Gasteiger partial charge >= 0.3 is 0 Å². The van der Waals surface area contributed by atoms with E-state index in [1.165, 1.54) is 4.90 Å². The molecule has 7 heteroatoms. The molecule has 3 N–H and O–H groups in total. The number of nitrogens with two attached hydrogens (primary N) is 1. The normalized spacial score (nSPS) is 12.9. The van der Waals surface area contributed by atoms with Gasteiger partial charge in [-0.1, -0.05) is 17.9 Å². The van der Waals surface area contributed by atoms with Crippen LogP contribution in [0.1, 0.15) is 46.6 Å². The van der Waals surface area contributed by atoms with Crippen LogP contribution in [0, 0.1) is 24.7 Å². The minimum absolute atomic E-state index is 0.348. The van der Waals surface area contributed by atoms with E-state index in [9.17, 15) is 14.7 Å². The fraction of sp³-hybridized carbons (Fsp3) is 0.348. The summed E-state index contributed by atoms with van der Waals surface area (Å²) >= 11 is 0. The Kier molecular flexibility index (Phi) is 8.22. The number of carbonyl (C=O) groups excluding carboxylic acids is 2. The second kappa shape index (κ2) is 10.8. The van der Waals surface area contributed by atoms with Crippen LogP contribution in [0.25, 0.3) is 5.69 Å². The molecule has 2 aromatic rings. The molecule has 7 nitrogen and oxygen atoms in total. The number of primary amides is 1. The predicted molar refractivity (Wildman–Crippen MR) is 115 cm³/mol. The van der Waals surface area contributed by atoms with E-state index < -0.39 is 12.0 Å². The zero-order chi connectivity index (χ0) is 22.1. The summed E-state index contributed by atoms with van der Waals surface area (Å²) < 4.78 is 1.79. The molecule has 1 heterocycles. The van der Waals surface area contributed by atoms with E-state index in [1.807, 2.05) is 24.3 Å². The van der Waals surface area contributed by atoms with Crippen molar-refractivity contribution in [1.29, 1.82) is 0 Å². The maximum Gasteiger partial charge on any atom is 0.269 e. The molecule has 1 aliphatic rings. The summed E-state index contributed by atoms with van der Waals surface area (Å²) in [6.07, 6.45) is 12.0. The van der Waals surface area contributed by atoms with Crippen molar-refractivity contribution in [2.75, 3.05) is 13.6 Å². The van der Waals surface area contributed by atoms with Crippen molar-refractivity contribution in [1.82, 2.24) is 14.7 Å². The average Bonchev–Trinajstić information content (AvgIpc) is 3.17. The molecule has 1 aromatic heterocycles. The van der Waals surface area contributed by atoms with Gasteiger partial charge in [-0.15, -0.1) is 12.8 Å². The number of nitrogens with zero attached hydrogens (tertiary/aromatic N) is 3. The molecule has 0 saturated carbocycles. The zero-order valence-corrected chi connectivity index (χ0v) is 17.0. The number of aliphatic hydroxyl groups excluding tert-OH is 1. The van der Waals surface area contributed by atoms with Gasteiger partial charge in [-0.3, -0.25) is 9.59 Å². The lowest BCUT2D eigenvalue weighted by molar-refractivity contribution is -0.117. The van der Waals surface area contributed by atoms with Gasteiger partial charge in [-0.05, 0) is 43.9 Å². The number of amides is 2. The van der Waals surface area contributed by atoms with Crippen molar-refractivity contribution in [3.8, 4) is 30.4 Å². The summed E-state index contributed by atoms with van der Waals surface area (Å²) in [6.45, 7) is 0.439. The van der Waals surface area contributed by atoms with Crippen LogP contribution in [-0.4, -0.2) is 51.8 Å². The van der Waals surface area contributed by atoms with E-state index in [2.05, 4.69) is 29.8 Å². The summed E-state index contributed by atoms with van der Waals surface area (Å²) in [5.74, 6) is 5.26. The number of benzene rings is 1. The Morgan fingerprint density at radius 3 is 2.83 bits per heavy atom. The molecule has 0 bridgehead atoms. The number of aromatic nitrogens is 2. The maximum atomic E-state index is 11.8. The zero-order valence-electron chi connectivity index (χ0n) is 17.0. The van der Waals surface area contributed by atoms with Gasteiger partial charge < -0.3 is 15.7 Å². The van der Waals surface area contributed by atoms with Crippen LogP contribution in [0.4, 0.5) is 0 Å². The van der Waals surface area contributed by atoms with Gasteiger partial charge in [0, 0.05) is 36.8 Å². The molecule has 1 aliphatic carbocycles. The molecular formula is C23H26N4O3. The smallest absolute Gasteiger partial charge is 0.269 e. The molecule has 0 fully saturated rings. The first-order valence-corrected chi connectivity index (χ1v) is 9.69. The summed E-state index contributed by atoms with van der Waals surface area (Å²) in [5, 5.41) is 14.4. The fourth-order valence-electron chi connectivity index (χ4n) is 3.34. The Hall–Kier alpha value is -3.55. The number of aliphatic hydroxyl groups is 1. The third-order valence-corrected chi connectivity index (χ3v) is 4.82. The van der Waals surface area contributed by atoms with Gasteiger partial charge in [0.1, 0.15) is 6.10 Å². The number of hydrogen-bond donors (Lipinski definition) is 2. The lowest BCUT2D eigenvalue weighted by atomic mass is 9.95. The van der Waals surface area contributed by atoms with Crippen LogP contribution in [0.15, 0.2) is 24.3 Å². The third-order valence-electron chi connectivity index (χ3n) is 4.82. The topological polar surface area (TPSA) is 101 Å². The van der Waals surface area contributed by atoms with Crippen molar-refractivity contribution in [2.24, 2.45) is 5.73 Å². The van der Waals surface area contributed by atoms with Crippen LogP contribution in [0.5, 0.6) is 0 Å². The maximum absolute atomic E-state index is 11.8. The molecule has 2 amide bonds. The van der Waals surface area contributed by atoms with Gasteiger partial charge in [0.05, 0.1) is 5.69 Å². The number of hydrogen-bond acceptors (Lipinski definition) is 4. The molecule has 3 rings (SSSR count). The first-order chi connectivity index (χ1) is 14.5. The minimum atomic E-state index is -0.815. The molecular weight excluding hydrogens is 380 g/mol. The van der Waals surface area contributed by atoms with Gasteiger partial charge in [0.15, 0.2) is 5.69 Å². The largest absolute Gasteiger partial charge is 0.380 e. The average molecular weight is 406 g/mol. The Bertz CT molecular complexity index is 981. The highest BCUT2D eigenvalue weighted by Crippen LogP contribution is 2.27. The van der Waals surface area contributed by atoms with Crippen LogP contribution in [0.3, 0.4) is 0 Å². The van der Waals surface area contributed by atoms with Crippen LogP contribution < -0.4 is 5.73 Å². The monoisotopic (exact) mass is 406 g/mol. The summed E-state index contributed by atoms with van der Waals surface area (Å²) in [5.41, 5.74) is 9.39. The van der Waals surface area contributed by atoms with E-state index in [0.29, 0.717) is 25.1 Å². The Morgan fingerprint density at radius 2 is 2.13 bits per heavy atom. The summed E-state index contributed by atoms with van der Waals surface area (Å²) in [6, 6.07) is 7.51. The second-order valence-corrected chi connectivity index (χ2v) is 6.97. The fourth-order valence-corrected chi connectivity index (χ4v) is 3.34. The van der Waals surface area contributed by atoms with E-state index in [-0.39, 0.29) is 0 Å². The Labute approximate surface area is 176 Å². The minimum Gasteiger partial charge on any atom is -0.380 e. The van der Waals surface area contributed by atoms with Crippen molar-refractivity contribution < 1.29 is 14.7 Å². The number of carbonyl (C=O) groups is 2. The highest BCUT2D eigenvalue weighted by atomic mass is 16.3. The molecule has 0 spiro atoms. The molecule has 1 aromatic carbocycles. The molecule has 1 atom stereocenters. The van der Waals surface area contributed by atoms with E-state index in [1.54, 1.807) is 11.7 Å². The SMILES string of the molecule is C#C.CN(C=O)CC[C@@H](O)C#Cc1cccc(-n2nc(C(N)=O)c3c2CCCC3)c1. The molecule has 30 heavy (non-hydrogen) atoms. The summed E-state index contributed by atoms with van der Waals surface area (Å²) in [7, 11) is 1.65. The number of terminal acetylenes is 1. The highest BCUT2D eigenvalue weighted by molar-refractivity contribution is 5.92. The van der Waals surface area contributed by atoms with Gasteiger partial charge in [0.25, 0.3) is 5.91 Å². The Morgan fingerprint density at radius 1 is 1.40 bits per heavy atom. The standard InChI is InChI=1S/C21H24N4O3.C2H2/c1-24(14-26)12-11-17(27)10-9-15-5-4-6-16(13-15)25-19-8-3-2-7-18(19)20(23-25)21(22)28;1-2/h4-6,13-14,17,27H,2-3,7-8,11-12H2,1H3,(H2,22,28);1-2H/t17-;/m0./s1. The van der Waals surface area contributed by atoms with Crippen LogP contribution >= 0.6 is 0 Å². The van der Waals surface area contributed by atoms with Gasteiger partial charge in [-0.2, -0.15) is 5.10 Å². The van der Waals surface area contributed by atoms with Gasteiger partial charge in [-0.25, -0.2) is 4.68 Å². The van der Waals surface area contributed by atoms with Crippen molar-refractivity contribution in [2.45, 2.75) is 38.2 Å². The molecule has 0 aliphatic heterocycles.